The van der Waals surface area contributed by atoms with Crippen LogP contribution in [0.2, 0.25) is 0 Å². The van der Waals surface area contributed by atoms with Crippen LogP contribution < -0.4 is 24.4 Å². The molecule has 0 aliphatic carbocycles. The van der Waals surface area contributed by atoms with Gasteiger partial charge >= 0.3 is 6.03 Å². The summed E-state index contributed by atoms with van der Waals surface area (Å²) in [6.45, 7) is 4.91. The molecule has 1 fully saturated rings. The second kappa shape index (κ2) is 11.0. The van der Waals surface area contributed by atoms with Crippen LogP contribution in [0.15, 0.2) is 73.1 Å². The fourth-order valence-corrected chi connectivity index (χ4v) is 4.29. The smallest absolute Gasteiger partial charge is 0.321 e. The number of aromatic nitrogens is 2. The number of hydrogen-bond acceptors (Lipinski definition) is 7. The molecule has 0 atom stereocenters. The Hall–Kier alpha value is -4.53. The van der Waals surface area contributed by atoms with Gasteiger partial charge in [-0.05, 0) is 49.4 Å². The summed E-state index contributed by atoms with van der Waals surface area (Å²) >= 11 is 0. The number of nitrogens with one attached hydrogen (secondary N) is 1. The van der Waals surface area contributed by atoms with Gasteiger partial charge in [-0.3, -0.25) is 0 Å². The molecule has 0 saturated carbocycles. The van der Waals surface area contributed by atoms with E-state index in [-0.39, 0.29) is 6.03 Å². The lowest BCUT2D eigenvalue weighted by Gasteiger charge is -2.35. The fraction of sp³-hybridized carbons (Fsp3) is 0.250. The zero-order valence-corrected chi connectivity index (χ0v) is 20.9. The number of para-hydroxylation sites is 1. The van der Waals surface area contributed by atoms with E-state index in [0.717, 1.165) is 22.5 Å². The lowest BCUT2D eigenvalue weighted by atomic mass is 10.2. The van der Waals surface area contributed by atoms with Crippen molar-refractivity contribution in [1.29, 1.82) is 0 Å². The van der Waals surface area contributed by atoms with Gasteiger partial charge in [0.1, 0.15) is 23.6 Å². The van der Waals surface area contributed by atoms with Crippen molar-refractivity contribution in [2.45, 2.75) is 6.92 Å². The van der Waals surface area contributed by atoms with E-state index in [2.05, 4.69) is 20.2 Å². The standard InChI is InChI=1S/C28H29N5O4/c1-3-36-26-17-23-24(18-25(26)35-2)29-19-30-27(23)32-13-15-33(16-14-32)28(34)31-20-9-11-22(12-10-20)37-21-7-5-4-6-8-21/h4-12,17-19H,3,13-16H2,1-2H3,(H,31,34). The first-order valence-electron chi connectivity index (χ1n) is 12.2. The van der Waals surface area contributed by atoms with Crippen LogP contribution in [0.5, 0.6) is 23.0 Å². The summed E-state index contributed by atoms with van der Waals surface area (Å²) in [7, 11) is 1.61. The third-order valence-corrected chi connectivity index (χ3v) is 6.15. The molecule has 1 N–H and O–H groups in total. The van der Waals surface area contributed by atoms with Gasteiger partial charge in [0.2, 0.25) is 0 Å². The van der Waals surface area contributed by atoms with Crippen molar-refractivity contribution < 1.29 is 19.0 Å². The number of carbonyl (C=O) groups is 1. The van der Waals surface area contributed by atoms with E-state index >= 15 is 0 Å². The molecule has 2 heterocycles. The molecule has 1 aromatic heterocycles. The van der Waals surface area contributed by atoms with Crippen molar-refractivity contribution in [2.24, 2.45) is 0 Å². The number of urea groups is 1. The predicted octanol–water partition coefficient (Wildman–Crippen LogP) is 5.18. The Bertz CT molecular complexity index is 1360. The number of ether oxygens (including phenoxy) is 3. The number of amides is 2. The van der Waals surface area contributed by atoms with E-state index in [1.54, 1.807) is 13.4 Å². The summed E-state index contributed by atoms with van der Waals surface area (Å²) in [6.07, 6.45) is 1.56. The van der Waals surface area contributed by atoms with Gasteiger partial charge in [-0.1, -0.05) is 18.2 Å². The number of rotatable bonds is 7. The second-order valence-electron chi connectivity index (χ2n) is 8.49. The van der Waals surface area contributed by atoms with E-state index in [1.807, 2.05) is 78.6 Å². The van der Waals surface area contributed by atoms with Crippen molar-refractivity contribution in [3.63, 3.8) is 0 Å². The number of nitrogens with zero attached hydrogens (tertiary/aromatic N) is 4. The maximum absolute atomic E-state index is 12.9. The number of anilines is 2. The minimum Gasteiger partial charge on any atom is -0.493 e. The molecule has 5 rings (SSSR count). The Kier molecular flexibility index (Phi) is 7.21. The number of piperazine rings is 1. The number of fused-ring (bicyclic) bond motifs is 1. The lowest BCUT2D eigenvalue weighted by molar-refractivity contribution is 0.208. The molecule has 2 amide bonds. The van der Waals surface area contributed by atoms with Crippen LogP contribution in [0.25, 0.3) is 10.9 Å². The normalized spacial score (nSPS) is 13.4. The molecule has 9 nitrogen and oxygen atoms in total. The average Bonchev–Trinajstić information content (AvgIpc) is 2.94. The van der Waals surface area contributed by atoms with E-state index in [0.29, 0.717) is 55.7 Å². The van der Waals surface area contributed by atoms with E-state index < -0.39 is 0 Å². The summed E-state index contributed by atoms with van der Waals surface area (Å²) < 4.78 is 17.0. The summed E-state index contributed by atoms with van der Waals surface area (Å²) in [6, 6.07) is 20.6. The third kappa shape index (κ3) is 5.50. The predicted molar refractivity (Wildman–Crippen MR) is 143 cm³/mol. The Morgan fingerprint density at radius 2 is 1.65 bits per heavy atom. The van der Waals surface area contributed by atoms with Crippen LogP contribution in [-0.4, -0.2) is 60.8 Å². The van der Waals surface area contributed by atoms with Crippen LogP contribution >= 0.6 is 0 Å². The van der Waals surface area contributed by atoms with Crippen molar-refractivity contribution in [1.82, 2.24) is 14.9 Å². The lowest BCUT2D eigenvalue weighted by Crippen LogP contribution is -2.50. The molecule has 1 aliphatic heterocycles. The van der Waals surface area contributed by atoms with Crippen LogP contribution in [0, 0.1) is 0 Å². The van der Waals surface area contributed by atoms with Crippen molar-refractivity contribution in [2.75, 3.05) is 50.1 Å². The van der Waals surface area contributed by atoms with E-state index in [9.17, 15) is 4.79 Å². The second-order valence-corrected chi connectivity index (χ2v) is 8.49. The van der Waals surface area contributed by atoms with E-state index in [1.165, 1.54) is 0 Å². The van der Waals surface area contributed by atoms with Crippen LogP contribution in [0.1, 0.15) is 6.92 Å². The van der Waals surface area contributed by atoms with Gasteiger partial charge in [0, 0.05) is 43.3 Å². The zero-order chi connectivity index (χ0) is 25.6. The maximum atomic E-state index is 12.9. The van der Waals surface area contributed by atoms with Crippen molar-refractivity contribution >= 4 is 28.4 Å². The molecule has 1 aliphatic rings. The fourth-order valence-electron chi connectivity index (χ4n) is 4.29. The highest BCUT2D eigenvalue weighted by atomic mass is 16.5. The third-order valence-electron chi connectivity index (χ3n) is 6.15. The highest BCUT2D eigenvalue weighted by Gasteiger charge is 2.24. The first-order valence-corrected chi connectivity index (χ1v) is 12.2. The average molecular weight is 500 g/mol. The minimum absolute atomic E-state index is 0.132. The first-order chi connectivity index (χ1) is 18.1. The molecule has 0 unspecified atom stereocenters. The Labute approximate surface area is 215 Å². The Morgan fingerprint density at radius 1 is 0.919 bits per heavy atom. The minimum atomic E-state index is -0.132. The summed E-state index contributed by atoms with van der Waals surface area (Å²) in [5, 5.41) is 3.87. The van der Waals surface area contributed by atoms with Crippen LogP contribution in [0.3, 0.4) is 0 Å². The molecule has 3 aromatic carbocycles. The van der Waals surface area contributed by atoms with Gasteiger partial charge in [-0.2, -0.15) is 0 Å². The van der Waals surface area contributed by atoms with Gasteiger partial charge < -0.3 is 29.3 Å². The molecular formula is C28H29N5O4. The molecule has 37 heavy (non-hydrogen) atoms. The topological polar surface area (TPSA) is 89.1 Å². The van der Waals surface area contributed by atoms with Gasteiger partial charge in [0.15, 0.2) is 11.5 Å². The maximum Gasteiger partial charge on any atom is 0.321 e. The van der Waals surface area contributed by atoms with E-state index in [4.69, 9.17) is 14.2 Å². The Balaban J connectivity index is 1.21. The molecule has 0 spiro atoms. The SMILES string of the molecule is CCOc1cc2c(N3CCN(C(=O)Nc4ccc(Oc5ccccc5)cc4)CC3)ncnc2cc1OC. The van der Waals surface area contributed by atoms with Crippen molar-refractivity contribution in [3.8, 4) is 23.0 Å². The quantitative estimate of drug-likeness (QED) is 0.375. The highest BCUT2D eigenvalue weighted by Crippen LogP contribution is 2.35. The Morgan fingerprint density at radius 3 is 2.35 bits per heavy atom. The van der Waals surface area contributed by atoms with Crippen LogP contribution in [-0.2, 0) is 0 Å². The number of hydrogen-bond donors (Lipinski definition) is 1. The van der Waals surface area contributed by atoms with Gasteiger partial charge in [-0.25, -0.2) is 14.8 Å². The molecule has 1 saturated heterocycles. The molecule has 0 radical (unpaired) electrons. The largest absolute Gasteiger partial charge is 0.493 e. The summed E-state index contributed by atoms with van der Waals surface area (Å²) in [4.78, 5) is 25.8. The molecule has 9 heteroatoms. The van der Waals surface area contributed by atoms with Gasteiger partial charge in [0.25, 0.3) is 0 Å². The monoisotopic (exact) mass is 499 g/mol. The summed E-state index contributed by atoms with van der Waals surface area (Å²) in [5.74, 6) is 3.59. The number of benzene rings is 3. The summed E-state index contributed by atoms with van der Waals surface area (Å²) in [5.41, 5.74) is 1.50. The number of carbonyl (C=O) groups excluding carboxylic acids is 1. The first kappa shape index (κ1) is 24.2. The highest BCUT2D eigenvalue weighted by molar-refractivity contribution is 5.92. The van der Waals surface area contributed by atoms with Crippen molar-refractivity contribution in [3.05, 3.63) is 73.1 Å². The number of methoxy groups -OCH3 is 1. The van der Waals surface area contributed by atoms with Gasteiger partial charge in [0.05, 0.1) is 19.2 Å². The van der Waals surface area contributed by atoms with Gasteiger partial charge in [-0.15, -0.1) is 0 Å². The zero-order valence-electron chi connectivity index (χ0n) is 20.9. The molecular weight excluding hydrogens is 470 g/mol. The molecule has 0 bridgehead atoms. The molecule has 4 aromatic rings. The van der Waals surface area contributed by atoms with Crippen LogP contribution in [0.4, 0.5) is 16.3 Å². The molecule has 190 valence electrons.